The summed E-state index contributed by atoms with van der Waals surface area (Å²) >= 11 is 0. The van der Waals surface area contributed by atoms with E-state index >= 15 is 0 Å². The number of hydrogen-bond donors (Lipinski definition) is 2. The lowest BCUT2D eigenvalue weighted by molar-refractivity contribution is 0.328. The summed E-state index contributed by atoms with van der Waals surface area (Å²) in [5, 5.41) is 1.05. The molecule has 4 heteroatoms. The van der Waals surface area contributed by atoms with Crippen molar-refractivity contribution >= 4 is 11.0 Å². The van der Waals surface area contributed by atoms with E-state index in [0.717, 1.165) is 16.7 Å². The summed E-state index contributed by atoms with van der Waals surface area (Å²) in [5.74, 6) is 0.833. The van der Waals surface area contributed by atoms with Gasteiger partial charge in [0.1, 0.15) is 17.9 Å². The van der Waals surface area contributed by atoms with Gasteiger partial charge in [-0.3, -0.25) is 0 Å². The van der Waals surface area contributed by atoms with Gasteiger partial charge in [0.05, 0.1) is 6.26 Å². The van der Waals surface area contributed by atoms with Gasteiger partial charge in [-0.1, -0.05) is 0 Å². The van der Waals surface area contributed by atoms with Crippen molar-refractivity contribution in [2.24, 2.45) is 11.5 Å². The Morgan fingerprint density at radius 1 is 1.27 bits per heavy atom. The number of nitrogens with two attached hydrogens (primary N) is 2. The zero-order valence-corrected chi connectivity index (χ0v) is 8.77. The van der Waals surface area contributed by atoms with Crippen LogP contribution in [-0.4, -0.2) is 20.2 Å². The van der Waals surface area contributed by atoms with E-state index in [4.69, 9.17) is 14.9 Å². The molecule has 0 saturated heterocycles. The fourth-order valence-electron chi connectivity index (χ4n) is 1.21. The molecule has 0 amide bonds. The van der Waals surface area contributed by atoms with Crippen LogP contribution < -0.4 is 16.2 Å². The molecule has 0 aliphatic rings. The Balaban J connectivity index is 0.000000531. The number of ether oxygens (including phenoxy) is 1. The van der Waals surface area contributed by atoms with Crippen LogP contribution in [0.3, 0.4) is 0 Å². The predicted octanol–water partition coefficient (Wildman–Crippen LogP) is 1.35. The topological polar surface area (TPSA) is 74.4 Å². The lowest BCUT2D eigenvalue weighted by Crippen LogP contribution is -2.10. The highest BCUT2D eigenvalue weighted by Gasteiger charge is 1.98. The second-order valence-electron chi connectivity index (χ2n) is 2.76. The predicted molar refractivity (Wildman–Crippen MR) is 60.9 cm³/mol. The molecule has 0 spiro atoms. The molecule has 0 atom stereocenters. The van der Waals surface area contributed by atoms with Crippen molar-refractivity contribution in [3.05, 3.63) is 30.5 Å². The second-order valence-corrected chi connectivity index (χ2v) is 2.76. The van der Waals surface area contributed by atoms with Gasteiger partial charge in [-0.25, -0.2) is 0 Å². The summed E-state index contributed by atoms with van der Waals surface area (Å²) in [6.45, 7) is 1.08. The summed E-state index contributed by atoms with van der Waals surface area (Å²) < 4.78 is 10.6. The van der Waals surface area contributed by atoms with Crippen molar-refractivity contribution in [2.45, 2.75) is 0 Å². The van der Waals surface area contributed by atoms with Crippen molar-refractivity contribution in [2.75, 3.05) is 20.2 Å². The lowest BCUT2D eigenvalue weighted by atomic mass is 10.2. The molecule has 0 fully saturated rings. The molecule has 1 aromatic heterocycles. The molecule has 2 rings (SSSR count). The highest BCUT2D eigenvalue weighted by atomic mass is 16.5. The number of fused-ring (bicyclic) bond motifs is 1. The highest BCUT2D eigenvalue weighted by molar-refractivity contribution is 5.78. The van der Waals surface area contributed by atoms with Crippen LogP contribution in [0.2, 0.25) is 0 Å². The van der Waals surface area contributed by atoms with Gasteiger partial charge < -0.3 is 20.6 Å². The van der Waals surface area contributed by atoms with Crippen molar-refractivity contribution in [3.63, 3.8) is 0 Å². The van der Waals surface area contributed by atoms with E-state index < -0.39 is 0 Å². The lowest BCUT2D eigenvalue weighted by Gasteiger charge is -2.02. The van der Waals surface area contributed by atoms with E-state index in [1.54, 1.807) is 6.26 Å². The largest absolute Gasteiger partial charge is 0.492 e. The Labute approximate surface area is 88.8 Å². The molecule has 1 heterocycles. The SMILES string of the molecule is CN.NCCOc1ccc2occc2c1. The maximum absolute atomic E-state index is 5.37. The zero-order chi connectivity index (χ0) is 11.1. The standard InChI is InChI=1S/C10H11NO2.CH5N/c11-4-6-12-9-1-2-10-8(7-9)3-5-13-10;1-2/h1-3,5,7H,4,6,11H2;2H2,1H3. The number of benzene rings is 1. The van der Waals surface area contributed by atoms with Gasteiger partial charge in [-0.2, -0.15) is 0 Å². The van der Waals surface area contributed by atoms with Gasteiger partial charge >= 0.3 is 0 Å². The normalized spacial score (nSPS) is 9.53. The molecule has 0 unspecified atom stereocenters. The Bertz CT molecular complexity index is 398. The average Bonchev–Trinajstić information content (AvgIpc) is 2.76. The van der Waals surface area contributed by atoms with E-state index in [1.807, 2.05) is 24.3 Å². The average molecular weight is 208 g/mol. The third-order valence-corrected chi connectivity index (χ3v) is 1.81. The third kappa shape index (κ3) is 2.97. The van der Waals surface area contributed by atoms with E-state index in [9.17, 15) is 0 Å². The molecule has 82 valence electrons. The van der Waals surface area contributed by atoms with E-state index in [2.05, 4.69) is 5.73 Å². The maximum Gasteiger partial charge on any atom is 0.134 e. The van der Waals surface area contributed by atoms with Crippen molar-refractivity contribution in [3.8, 4) is 5.75 Å². The van der Waals surface area contributed by atoms with Crippen LogP contribution >= 0.6 is 0 Å². The smallest absolute Gasteiger partial charge is 0.134 e. The molecule has 0 aliphatic carbocycles. The third-order valence-electron chi connectivity index (χ3n) is 1.81. The molecule has 0 radical (unpaired) electrons. The minimum absolute atomic E-state index is 0.531. The first-order valence-corrected chi connectivity index (χ1v) is 4.78. The molecule has 2 aromatic rings. The summed E-state index contributed by atoms with van der Waals surface area (Å²) in [6.07, 6.45) is 1.66. The zero-order valence-electron chi connectivity index (χ0n) is 8.77. The van der Waals surface area contributed by atoms with Gasteiger partial charge in [0.15, 0.2) is 0 Å². The van der Waals surface area contributed by atoms with E-state index in [1.165, 1.54) is 7.05 Å². The molecule has 4 nitrogen and oxygen atoms in total. The van der Waals surface area contributed by atoms with Gasteiger partial charge in [0.2, 0.25) is 0 Å². The number of furan rings is 1. The van der Waals surface area contributed by atoms with Crippen LogP contribution in [0.4, 0.5) is 0 Å². The minimum atomic E-state index is 0.531. The highest BCUT2D eigenvalue weighted by Crippen LogP contribution is 2.21. The summed E-state index contributed by atoms with van der Waals surface area (Å²) in [5.41, 5.74) is 10.7. The second kappa shape index (κ2) is 6.06. The molecule has 1 aromatic carbocycles. The van der Waals surface area contributed by atoms with Crippen LogP contribution in [0.25, 0.3) is 11.0 Å². The van der Waals surface area contributed by atoms with Crippen molar-refractivity contribution in [1.82, 2.24) is 0 Å². The molecule has 15 heavy (non-hydrogen) atoms. The molecule has 0 aliphatic heterocycles. The van der Waals surface area contributed by atoms with E-state index in [0.29, 0.717) is 13.2 Å². The first-order valence-electron chi connectivity index (χ1n) is 4.78. The molecule has 0 saturated carbocycles. The van der Waals surface area contributed by atoms with Crippen molar-refractivity contribution < 1.29 is 9.15 Å². The maximum atomic E-state index is 5.37. The van der Waals surface area contributed by atoms with Crippen molar-refractivity contribution in [1.29, 1.82) is 0 Å². The summed E-state index contributed by atoms with van der Waals surface area (Å²) in [4.78, 5) is 0. The fourth-order valence-corrected chi connectivity index (χ4v) is 1.21. The Morgan fingerprint density at radius 3 is 2.80 bits per heavy atom. The molecular formula is C11H16N2O2. The van der Waals surface area contributed by atoms with Crippen LogP contribution in [0, 0.1) is 0 Å². The minimum Gasteiger partial charge on any atom is -0.492 e. The van der Waals surface area contributed by atoms with Crippen LogP contribution in [0.15, 0.2) is 34.9 Å². The van der Waals surface area contributed by atoms with Crippen LogP contribution in [0.5, 0.6) is 5.75 Å². The van der Waals surface area contributed by atoms with Gasteiger partial charge in [-0.15, -0.1) is 0 Å². The summed E-state index contributed by atoms with van der Waals surface area (Å²) in [7, 11) is 1.50. The van der Waals surface area contributed by atoms with Crippen LogP contribution in [-0.2, 0) is 0 Å². The Kier molecular flexibility index (Phi) is 4.66. The molecule has 0 bridgehead atoms. The Hall–Kier alpha value is -1.52. The Morgan fingerprint density at radius 2 is 2.07 bits per heavy atom. The monoisotopic (exact) mass is 208 g/mol. The van der Waals surface area contributed by atoms with E-state index in [-0.39, 0.29) is 0 Å². The number of hydrogen-bond acceptors (Lipinski definition) is 4. The quantitative estimate of drug-likeness (QED) is 0.798. The van der Waals surface area contributed by atoms with Gasteiger partial charge in [0, 0.05) is 11.9 Å². The first kappa shape index (κ1) is 11.6. The summed E-state index contributed by atoms with van der Waals surface area (Å²) in [6, 6.07) is 7.61. The first-order chi connectivity index (χ1) is 7.40. The number of rotatable bonds is 3. The molecule has 4 N–H and O–H groups in total. The van der Waals surface area contributed by atoms with Crippen LogP contribution in [0.1, 0.15) is 0 Å². The molecular weight excluding hydrogens is 192 g/mol. The van der Waals surface area contributed by atoms with Gasteiger partial charge in [-0.05, 0) is 31.3 Å². The van der Waals surface area contributed by atoms with Gasteiger partial charge in [0.25, 0.3) is 0 Å². The fraction of sp³-hybridized carbons (Fsp3) is 0.273.